The third-order valence-corrected chi connectivity index (χ3v) is 18.8. The summed E-state index contributed by atoms with van der Waals surface area (Å²) >= 11 is 1.79. The Kier molecular flexibility index (Phi) is 9.40. The summed E-state index contributed by atoms with van der Waals surface area (Å²) in [5, 5.41) is 7.14. The van der Waals surface area contributed by atoms with Crippen molar-refractivity contribution in [2.45, 2.75) is 19.6 Å². The molecule has 0 aliphatic heterocycles. The number of para-hydroxylation sites is 3. The van der Waals surface area contributed by atoms with Crippen LogP contribution in [0.2, 0.25) is 0 Å². The third-order valence-electron chi connectivity index (χ3n) is 13.7. The fourth-order valence-corrected chi connectivity index (χ4v) is 15.8. The Morgan fingerprint density at radius 1 is 0.329 bits per heavy atom. The fraction of sp³-hybridized carbons (Fsp3) is 0. The molecule has 14 rings (SSSR count). The van der Waals surface area contributed by atoms with Crippen molar-refractivity contribution in [1.82, 2.24) is 24.1 Å². The van der Waals surface area contributed by atoms with E-state index in [2.05, 4.69) is 258 Å². The summed E-state index contributed by atoms with van der Waals surface area (Å²) in [6.45, 7) is 0. The van der Waals surface area contributed by atoms with Crippen LogP contribution in [0.5, 0.6) is 0 Å². The van der Waals surface area contributed by atoms with Gasteiger partial charge in [-0.15, -0.1) is 21.4 Å². The summed E-state index contributed by atoms with van der Waals surface area (Å²) in [4.78, 5) is 21.5. The molecule has 0 radical (unpaired) electrons. The SMILES string of the molecule is c1ccc(S(c2ccccc2)(c2ccccc2)c2cccc(-c3nc(-c4cccc5c4sc4ccccc45)nc(-n4c5ccccc5c5cc(-n6c7ccccc7c7ccccc76)ccc54)n3)c2)cc1. The highest BCUT2D eigenvalue weighted by molar-refractivity contribution is 8.34. The summed E-state index contributed by atoms with van der Waals surface area (Å²) in [7, 11) is -1.99. The minimum Gasteiger partial charge on any atom is -0.309 e. The monoisotopic (exact) mass is 931 g/mol. The molecular formula is C63H41N5S2. The van der Waals surface area contributed by atoms with Gasteiger partial charge >= 0.3 is 0 Å². The van der Waals surface area contributed by atoms with Gasteiger partial charge in [-0.2, -0.15) is 9.97 Å². The Morgan fingerprint density at radius 2 is 0.814 bits per heavy atom. The second-order valence-electron chi connectivity index (χ2n) is 17.6. The smallest absolute Gasteiger partial charge is 0.238 e. The summed E-state index contributed by atoms with van der Waals surface area (Å²) in [6.07, 6.45) is 0. The van der Waals surface area contributed by atoms with Gasteiger partial charge < -0.3 is 4.57 Å². The van der Waals surface area contributed by atoms with Crippen molar-refractivity contribution in [1.29, 1.82) is 0 Å². The standard InChI is InChI=1S/C63H41N5S2/c1-4-21-44(22-5-1)70(45-23-6-2-7-24-45,46-25-8-3-9-26-46)47-27-18-20-42(40-47)61-64-62(53-33-19-32-52-51-31-13-17-37-59(51)69-60(52)53)66-63(65-61)68-57-36-16-12-30-50(57)54-41-43(38-39-58(54)68)67-55-34-14-10-28-48(55)49-29-11-15-35-56(49)67/h1-41H. The molecule has 14 aromatic rings. The summed E-state index contributed by atoms with van der Waals surface area (Å²) in [5.74, 6) is 1.80. The predicted octanol–water partition coefficient (Wildman–Crippen LogP) is 17.1. The summed E-state index contributed by atoms with van der Waals surface area (Å²) < 4.78 is 7.00. The zero-order valence-electron chi connectivity index (χ0n) is 37.7. The number of aromatic nitrogens is 5. The largest absolute Gasteiger partial charge is 0.309 e. The van der Waals surface area contributed by atoms with Crippen LogP contribution in [0.3, 0.4) is 0 Å². The van der Waals surface area contributed by atoms with Crippen LogP contribution in [-0.4, -0.2) is 24.1 Å². The van der Waals surface area contributed by atoms with Gasteiger partial charge in [0.05, 0.1) is 22.1 Å². The lowest BCUT2D eigenvalue weighted by Crippen LogP contribution is -2.07. The molecule has 0 N–H and O–H groups in total. The van der Waals surface area contributed by atoms with Crippen LogP contribution in [0.4, 0.5) is 0 Å². The van der Waals surface area contributed by atoms with Crippen molar-refractivity contribution in [3.05, 3.63) is 249 Å². The Morgan fingerprint density at radius 3 is 1.46 bits per heavy atom. The molecule has 0 aliphatic rings. The maximum Gasteiger partial charge on any atom is 0.238 e. The van der Waals surface area contributed by atoms with E-state index in [1.165, 1.54) is 56.9 Å². The van der Waals surface area contributed by atoms with Gasteiger partial charge in [-0.05, 0) is 97.1 Å². The van der Waals surface area contributed by atoms with Gasteiger partial charge in [-0.25, -0.2) is 4.98 Å². The van der Waals surface area contributed by atoms with E-state index in [4.69, 9.17) is 15.0 Å². The molecule has 10 aromatic carbocycles. The summed E-state index contributed by atoms with van der Waals surface area (Å²) in [5.41, 5.74) is 7.38. The number of thiophene rings is 1. The molecule has 0 spiro atoms. The number of hydrogen-bond acceptors (Lipinski definition) is 4. The van der Waals surface area contributed by atoms with Crippen molar-refractivity contribution < 1.29 is 0 Å². The molecule has 0 bridgehead atoms. The van der Waals surface area contributed by atoms with Crippen molar-refractivity contribution >= 4 is 85.1 Å². The Hall–Kier alpha value is -8.62. The number of fused-ring (bicyclic) bond motifs is 9. The van der Waals surface area contributed by atoms with Crippen LogP contribution < -0.4 is 0 Å². The molecule has 0 saturated carbocycles. The van der Waals surface area contributed by atoms with Crippen molar-refractivity contribution in [3.8, 4) is 34.4 Å². The summed E-state index contributed by atoms with van der Waals surface area (Å²) in [6, 6.07) is 89.8. The molecule has 70 heavy (non-hydrogen) atoms. The molecule has 0 aliphatic carbocycles. The van der Waals surface area contributed by atoms with E-state index in [0.29, 0.717) is 17.6 Å². The number of benzene rings is 10. The van der Waals surface area contributed by atoms with E-state index >= 15 is 0 Å². The molecule has 4 aromatic heterocycles. The topological polar surface area (TPSA) is 48.5 Å². The van der Waals surface area contributed by atoms with E-state index in [1.54, 1.807) is 11.3 Å². The average Bonchev–Trinajstić information content (AvgIpc) is 4.10. The molecule has 0 unspecified atom stereocenters. The van der Waals surface area contributed by atoms with E-state index in [-0.39, 0.29) is 0 Å². The molecular weight excluding hydrogens is 891 g/mol. The highest BCUT2D eigenvalue weighted by Crippen LogP contribution is 2.73. The zero-order chi connectivity index (χ0) is 46.2. The molecule has 330 valence electrons. The maximum atomic E-state index is 5.54. The Balaban J connectivity index is 1.03. The van der Waals surface area contributed by atoms with Crippen LogP contribution in [-0.2, 0) is 0 Å². The van der Waals surface area contributed by atoms with E-state index in [1.807, 2.05) is 0 Å². The van der Waals surface area contributed by atoms with Gasteiger partial charge in [-0.3, -0.25) is 4.57 Å². The second-order valence-corrected chi connectivity index (χ2v) is 21.7. The van der Waals surface area contributed by atoms with Crippen LogP contribution >= 0.6 is 21.4 Å². The van der Waals surface area contributed by atoms with Gasteiger partial charge in [-0.1, -0.05) is 152 Å². The lowest BCUT2D eigenvalue weighted by atomic mass is 10.1. The maximum absolute atomic E-state index is 5.54. The van der Waals surface area contributed by atoms with Crippen LogP contribution in [0.1, 0.15) is 0 Å². The molecule has 5 nitrogen and oxygen atoms in total. The first-order chi connectivity index (χ1) is 34.7. The highest BCUT2D eigenvalue weighted by Gasteiger charge is 2.34. The minimum absolute atomic E-state index is 0.562. The first-order valence-corrected chi connectivity index (χ1v) is 26.0. The quantitative estimate of drug-likeness (QED) is 0.153. The molecule has 0 atom stereocenters. The van der Waals surface area contributed by atoms with Gasteiger partial charge in [0.2, 0.25) is 5.95 Å². The lowest BCUT2D eigenvalue weighted by Gasteiger charge is -2.42. The Bertz CT molecular complexity index is 4160. The van der Waals surface area contributed by atoms with E-state index < -0.39 is 10.0 Å². The lowest BCUT2D eigenvalue weighted by molar-refractivity contribution is 0.953. The zero-order valence-corrected chi connectivity index (χ0v) is 39.4. The van der Waals surface area contributed by atoms with Gasteiger partial charge in [0.25, 0.3) is 0 Å². The fourth-order valence-electron chi connectivity index (χ4n) is 10.7. The third kappa shape index (κ3) is 6.22. The van der Waals surface area contributed by atoms with Gasteiger partial charge in [0.15, 0.2) is 11.6 Å². The molecule has 0 saturated heterocycles. The van der Waals surface area contributed by atoms with Crippen molar-refractivity contribution in [2.75, 3.05) is 0 Å². The molecule has 0 amide bonds. The normalized spacial score (nSPS) is 12.2. The molecule has 7 heteroatoms. The van der Waals surface area contributed by atoms with Crippen LogP contribution in [0, 0.1) is 0 Å². The number of rotatable bonds is 8. The minimum atomic E-state index is -1.99. The second kappa shape index (κ2) is 16.3. The predicted molar refractivity (Wildman–Crippen MR) is 292 cm³/mol. The molecule has 0 fully saturated rings. The average molecular weight is 932 g/mol. The van der Waals surface area contributed by atoms with Crippen LogP contribution in [0.25, 0.3) is 98.2 Å². The van der Waals surface area contributed by atoms with E-state index in [0.717, 1.165) is 43.3 Å². The Labute approximate surface area is 409 Å². The van der Waals surface area contributed by atoms with Gasteiger partial charge in [0, 0.05) is 78.1 Å². The number of hydrogen-bond donors (Lipinski definition) is 0. The first-order valence-electron chi connectivity index (χ1n) is 23.5. The van der Waals surface area contributed by atoms with Crippen molar-refractivity contribution in [3.63, 3.8) is 0 Å². The van der Waals surface area contributed by atoms with Gasteiger partial charge in [0.1, 0.15) is 0 Å². The van der Waals surface area contributed by atoms with E-state index in [9.17, 15) is 0 Å². The first kappa shape index (κ1) is 40.4. The number of nitrogens with zero attached hydrogens (tertiary/aromatic N) is 5. The van der Waals surface area contributed by atoms with Crippen molar-refractivity contribution in [2.24, 2.45) is 0 Å². The highest BCUT2D eigenvalue weighted by atomic mass is 32.3. The van der Waals surface area contributed by atoms with Crippen LogP contribution in [0.15, 0.2) is 268 Å². The molecule has 4 heterocycles.